The molecular weight excluding hydrogens is 302 g/mol. The van der Waals surface area contributed by atoms with Crippen molar-refractivity contribution in [3.05, 3.63) is 51.1 Å². The number of anilines is 1. The molecule has 0 saturated heterocycles. The van der Waals surface area contributed by atoms with Gasteiger partial charge in [-0.25, -0.2) is 4.79 Å². The standard InChI is InChI=1S/C12H10BrNO2S/c13-9-2-1-3-10(6-9)14-11(12(15)16)8-4-5-17-7-8/h1-7,11,14H,(H,15,16). The van der Waals surface area contributed by atoms with Gasteiger partial charge in [-0.05, 0) is 40.6 Å². The van der Waals surface area contributed by atoms with E-state index in [2.05, 4.69) is 21.2 Å². The van der Waals surface area contributed by atoms with Crippen molar-refractivity contribution in [2.45, 2.75) is 6.04 Å². The van der Waals surface area contributed by atoms with E-state index in [0.717, 1.165) is 15.7 Å². The third kappa shape index (κ3) is 3.08. The number of thiophene rings is 1. The summed E-state index contributed by atoms with van der Waals surface area (Å²) in [5.41, 5.74) is 1.54. The predicted octanol–water partition coefficient (Wildman–Crippen LogP) is 3.75. The van der Waals surface area contributed by atoms with Crippen molar-refractivity contribution < 1.29 is 9.90 Å². The molecule has 88 valence electrons. The zero-order valence-corrected chi connectivity index (χ0v) is 11.2. The third-order valence-corrected chi connectivity index (χ3v) is 3.45. The van der Waals surface area contributed by atoms with E-state index in [4.69, 9.17) is 0 Å². The molecule has 1 atom stereocenters. The molecule has 1 aromatic heterocycles. The molecule has 5 heteroatoms. The van der Waals surface area contributed by atoms with Gasteiger partial charge in [-0.3, -0.25) is 0 Å². The zero-order chi connectivity index (χ0) is 12.3. The van der Waals surface area contributed by atoms with Gasteiger partial charge in [-0.15, -0.1) is 0 Å². The van der Waals surface area contributed by atoms with Crippen LogP contribution in [0, 0.1) is 0 Å². The number of carboxylic acid groups (broad SMARTS) is 1. The Kier molecular flexibility index (Phi) is 3.81. The number of carbonyl (C=O) groups is 1. The number of halogens is 1. The van der Waals surface area contributed by atoms with Crippen LogP contribution >= 0.6 is 27.3 Å². The van der Waals surface area contributed by atoms with E-state index in [9.17, 15) is 9.90 Å². The molecule has 2 rings (SSSR count). The van der Waals surface area contributed by atoms with Crippen molar-refractivity contribution in [3.63, 3.8) is 0 Å². The van der Waals surface area contributed by atoms with Crippen LogP contribution in [0.2, 0.25) is 0 Å². The molecule has 0 spiro atoms. The lowest BCUT2D eigenvalue weighted by Crippen LogP contribution is -2.19. The SMILES string of the molecule is O=C(O)C(Nc1cccc(Br)c1)c1ccsc1. The van der Waals surface area contributed by atoms with Crippen molar-refractivity contribution >= 4 is 38.9 Å². The van der Waals surface area contributed by atoms with Crippen LogP contribution in [0.4, 0.5) is 5.69 Å². The summed E-state index contributed by atoms with van der Waals surface area (Å²) in [4.78, 5) is 11.2. The van der Waals surface area contributed by atoms with E-state index in [-0.39, 0.29) is 0 Å². The molecule has 1 heterocycles. The average Bonchev–Trinajstić information content (AvgIpc) is 2.78. The minimum atomic E-state index is -0.886. The van der Waals surface area contributed by atoms with Gasteiger partial charge in [0.05, 0.1) is 0 Å². The summed E-state index contributed by atoms with van der Waals surface area (Å²) < 4.78 is 0.914. The molecule has 1 unspecified atom stereocenters. The van der Waals surface area contributed by atoms with E-state index in [1.165, 1.54) is 11.3 Å². The minimum Gasteiger partial charge on any atom is -0.479 e. The van der Waals surface area contributed by atoms with Gasteiger partial charge in [0.15, 0.2) is 6.04 Å². The fourth-order valence-corrected chi connectivity index (χ4v) is 2.56. The van der Waals surface area contributed by atoms with Crippen LogP contribution in [-0.2, 0) is 4.79 Å². The fourth-order valence-electron chi connectivity index (χ4n) is 1.47. The van der Waals surface area contributed by atoms with E-state index >= 15 is 0 Å². The number of aliphatic carboxylic acids is 1. The summed E-state index contributed by atoms with van der Waals surface area (Å²) in [5, 5.41) is 15.9. The van der Waals surface area contributed by atoms with E-state index < -0.39 is 12.0 Å². The fraction of sp³-hybridized carbons (Fsp3) is 0.0833. The monoisotopic (exact) mass is 311 g/mol. The Morgan fingerprint density at radius 2 is 2.24 bits per heavy atom. The zero-order valence-electron chi connectivity index (χ0n) is 8.76. The predicted molar refractivity (Wildman–Crippen MR) is 72.5 cm³/mol. The topological polar surface area (TPSA) is 49.3 Å². The minimum absolute atomic E-state index is 0.712. The number of benzene rings is 1. The lowest BCUT2D eigenvalue weighted by Gasteiger charge is -2.14. The van der Waals surface area contributed by atoms with Crippen LogP contribution in [-0.4, -0.2) is 11.1 Å². The van der Waals surface area contributed by atoms with Crippen molar-refractivity contribution in [1.29, 1.82) is 0 Å². The molecular formula is C12H10BrNO2S. The van der Waals surface area contributed by atoms with Gasteiger partial charge in [0.25, 0.3) is 0 Å². The van der Waals surface area contributed by atoms with Crippen LogP contribution in [0.5, 0.6) is 0 Å². The van der Waals surface area contributed by atoms with Gasteiger partial charge in [0.1, 0.15) is 0 Å². The summed E-state index contributed by atoms with van der Waals surface area (Å²) in [6.07, 6.45) is 0. The highest BCUT2D eigenvalue weighted by atomic mass is 79.9. The van der Waals surface area contributed by atoms with Crippen molar-refractivity contribution in [3.8, 4) is 0 Å². The van der Waals surface area contributed by atoms with Crippen molar-refractivity contribution in [2.75, 3.05) is 5.32 Å². The summed E-state index contributed by atoms with van der Waals surface area (Å²) in [7, 11) is 0. The van der Waals surface area contributed by atoms with Crippen LogP contribution in [0.25, 0.3) is 0 Å². The highest BCUT2D eigenvalue weighted by Crippen LogP contribution is 2.23. The maximum absolute atomic E-state index is 11.2. The first-order valence-corrected chi connectivity index (χ1v) is 6.67. The number of hydrogen-bond acceptors (Lipinski definition) is 3. The molecule has 0 aliphatic rings. The highest BCUT2D eigenvalue weighted by Gasteiger charge is 2.19. The second-order valence-corrected chi connectivity index (χ2v) is 5.18. The molecule has 0 radical (unpaired) electrons. The Balaban J connectivity index is 2.22. The third-order valence-electron chi connectivity index (χ3n) is 2.26. The van der Waals surface area contributed by atoms with Gasteiger partial charge in [-0.2, -0.15) is 11.3 Å². The van der Waals surface area contributed by atoms with Gasteiger partial charge in [0.2, 0.25) is 0 Å². The molecule has 0 aliphatic carbocycles. The van der Waals surface area contributed by atoms with E-state index in [0.29, 0.717) is 0 Å². The number of nitrogens with one attached hydrogen (secondary N) is 1. The molecule has 2 N–H and O–H groups in total. The first kappa shape index (κ1) is 12.1. The lowest BCUT2D eigenvalue weighted by atomic mass is 10.1. The van der Waals surface area contributed by atoms with Gasteiger partial charge in [0, 0.05) is 10.2 Å². The molecule has 0 fully saturated rings. The van der Waals surface area contributed by atoms with Gasteiger partial charge in [-0.1, -0.05) is 22.0 Å². The molecule has 0 saturated carbocycles. The summed E-state index contributed by atoms with van der Waals surface area (Å²) in [6, 6.07) is 8.55. The summed E-state index contributed by atoms with van der Waals surface area (Å²) in [6.45, 7) is 0. The second-order valence-electron chi connectivity index (χ2n) is 3.48. The number of carboxylic acids is 1. The Hall–Kier alpha value is -1.33. The van der Waals surface area contributed by atoms with Crippen LogP contribution in [0.1, 0.15) is 11.6 Å². The van der Waals surface area contributed by atoms with Crippen molar-refractivity contribution in [1.82, 2.24) is 0 Å². The molecule has 0 bridgehead atoms. The molecule has 0 amide bonds. The summed E-state index contributed by atoms with van der Waals surface area (Å²) in [5.74, 6) is -0.886. The first-order valence-electron chi connectivity index (χ1n) is 4.94. The highest BCUT2D eigenvalue weighted by molar-refractivity contribution is 9.10. The van der Waals surface area contributed by atoms with Crippen LogP contribution < -0.4 is 5.32 Å². The largest absolute Gasteiger partial charge is 0.479 e. The van der Waals surface area contributed by atoms with Crippen molar-refractivity contribution in [2.24, 2.45) is 0 Å². The van der Waals surface area contributed by atoms with Gasteiger partial charge >= 0.3 is 5.97 Å². The molecule has 3 nitrogen and oxygen atoms in total. The summed E-state index contributed by atoms with van der Waals surface area (Å²) >= 11 is 4.84. The Labute approximate surface area is 111 Å². The lowest BCUT2D eigenvalue weighted by molar-refractivity contribution is -0.138. The van der Waals surface area contributed by atoms with Gasteiger partial charge < -0.3 is 10.4 Å². The molecule has 0 aliphatic heterocycles. The maximum Gasteiger partial charge on any atom is 0.330 e. The van der Waals surface area contributed by atoms with Crippen LogP contribution in [0.3, 0.4) is 0 Å². The normalized spacial score (nSPS) is 12.1. The van der Waals surface area contributed by atoms with Crippen LogP contribution in [0.15, 0.2) is 45.6 Å². The Morgan fingerprint density at radius 3 is 2.82 bits per heavy atom. The first-order chi connectivity index (χ1) is 8.16. The quantitative estimate of drug-likeness (QED) is 0.904. The van der Waals surface area contributed by atoms with E-state index in [1.807, 2.05) is 41.1 Å². The maximum atomic E-state index is 11.2. The van der Waals surface area contributed by atoms with E-state index in [1.54, 1.807) is 0 Å². The smallest absolute Gasteiger partial charge is 0.330 e. The Bertz CT molecular complexity index is 513. The Morgan fingerprint density at radius 1 is 1.41 bits per heavy atom. The molecule has 2 aromatic rings. The number of hydrogen-bond donors (Lipinski definition) is 2. The molecule has 1 aromatic carbocycles. The molecule has 17 heavy (non-hydrogen) atoms. The average molecular weight is 312 g/mol. The second kappa shape index (κ2) is 5.33. The number of rotatable bonds is 4.